The molecule has 0 bridgehead atoms. The van der Waals surface area contributed by atoms with Crippen LogP contribution in [-0.4, -0.2) is 34.7 Å². The lowest BCUT2D eigenvalue weighted by Crippen LogP contribution is -2.43. The molecule has 28 heavy (non-hydrogen) atoms. The van der Waals surface area contributed by atoms with E-state index < -0.39 is 24.5 Å². The number of amides is 1. The van der Waals surface area contributed by atoms with Gasteiger partial charge in [0.2, 0.25) is 0 Å². The number of benzene rings is 2. The minimum Gasteiger partial charge on any atom is -0.480 e. The van der Waals surface area contributed by atoms with E-state index in [9.17, 15) is 14.4 Å². The Balaban J connectivity index is 1.92. The Morgan fingerprint density at radius 2 is 1.79 bits per heavy atom. The van der Waals surface area contributed by atoms with E-state index in [0.717, 1.165) is 11.1 Å². The fourth-order valence-electron chi connectivity index (χ4n) is 2.96. The zero-order valence-corrected chi connectivity index (χ0v) is 15.4. The molecule has 2 aromatic carbocycles. The number of carboxylic acids is 1. The van der Waals surface area contributed by atoms with Crippen molar-refractivity contribution in [1.82, 2.24) is 5.32 Å². The number of fused-ring (bicyclic) bond motifs is 1. The van der Waals surface area contributed by atoms with Crippen molar-refractivity contribution in [1.29, 1.82) is 0 Å². The number of carbonyl (C=O) groups excluding carboxylic acids is 1. The predicted molar refractivity (Wildman–Crippen MR) is 103 cm³/mol. The van der Waals surface area contributed by atoms with Gasteiger partial charge in [-0.3, -0.25) is 9.59 Å². The van der Waals surface area contributed by atoms with E-state index in [-0.39, 0.29) is 11.0 Å². The molecule has 1 atom stereocenters. The Morgan fingerprint density at radius 1 is 1.11 bits per heavy atom. The van der Waals surface area contributed by atoms with Crippen LogP contribution in [-0.2, 0) is 4.79 Å². The van der Waals surface area contributed by atoms with Gasteiger partial charge >= 0.3 is 5.97 Å². The molecule has 144 valence electrons. The van der Waals surface area contributed by atoms with Crippen LogP contribution in [0.25, 0.3) is 22.3 Å². The van der Waals surface area contributed by atoms with Crippen LogP contribution in [0.2, 0.25) is 0 Å². The average Bonchev–Trinajstić information content (AvgIpc) is 2.66. The van der Waals surface area contributed by atoms with Crippen molar-refractivity contribution >= 4 is 22.8 Å². The van der Waals surface area contributed by atoms with Gasteiger partial charge in [-0.2, -0.15) is 0 Å². The first kappa shape index (κ1) is 19.3. The zero-order valence-electron chi connectivity index (χ0n) is 15.4. The van der Waals surface area contributed by atoms with Crippen LogP contribution in [0.1, 0.15) is 21.5 Å². The average molecular weight is 381 g/mol. The van der Waals surface area contributed by atoms with Crippen LogP contribution in [0.3, 0.4) is 0 Å². The number of nitrogens with one attached hydrogen (secondary N) is 1. The van der Waals surface area contributed by atoms with E-state index in [4.69, 9.17) is 14.6 Å². The summed E-state index contributed by atoms with van der Waals surface area (Å²) in [5.74, 6) is -1.58. The van der Waals surface area contributed by atoms with Crippen molar-refractivity contribution in [3.05, 3.63) is 69.4 Å². The second kappa shape index (κ2) is 7.66. The van der Waals surface area contributed by atoms with Crippen LogP contribution in [0.4, 0.5) is 0 Å². The Kier molecular flexibility index (Phi) is 5.28. The van der Waals surface area contributed by atoms with Gasteiger partial charge < -0.3 is 19.9 Å². The Labute approximate surface area is 160 Å². The molecule has 1 heterocycles. The molecular formula is C21H19NO6. The number of aryl methyl sites for hydroxylation is 2. The van der Waals surface area contributed by atoms with Gasteiger partial charge in [0.25, 0.3) is 5.91 Å². The quantitative estimate of drug-likeness (QED) is 0.624. The van der Waals surface area contributed by atoms with Gasteiger partial charge in [0.1, 0.15) is 11.3 Å². The number of hydrogen-bond acceptors (Lipinski definition) is 5. The van der Waals surface area contributed by atoms with E-state index in [1.54, 1.807) is 18.2 Å². The highest BCUT2D eigenvalue weighted by atomic mass is 16.4. The van der Waals surface area contributed by atoms with E-state index in [1.807, 2.05) is 19.9 Å². The summed E-state index contributed by atoms with van der Waals surface area (Å²) in [7, 11) is 0. The number of carbonyl (C=O) groups is 2. The van der Waals surface area contributed by atoms with Crippen LogP contribution in [0.5, 0.6) is 0 Å². The third kappa shape index (κ3) is 3.79. The third-order valence-corrected chi connectivity index (χ3v) is 4.38. The first-order valence-electron chi connectivity index (χ1n) is 8.60. The van der Waals surface area contributed by atoms with Crippen LogP contribution in [0.15, 0.2) is 51.7 Å². The largest absolute Gasteiger partial charge is 0.480 e. The molecule has 0 aliphatic heterocycles. The molecule has 0 spiro atoms. The van der Waals surface area contributed by atoms with Crippen molar-refractivity contribution in [3.63, 3.8) is 0 Å². The molecule has 0 fully saturated rings. The molecule has 0 saturated carbocycles. The van der Waals surface area contributed by atoms with Gasteiger partial charge in [0, 0.05) is 17.2 Å². The maximum Gasteiger partial charge on any atom is 0.328 e. The van der Waals surface area contributed by atoms with Crippen molar-refractivity contribution in [2.75, 3.05) is 6.61 Å². The molecule has 0 radical (unpaired) electrons. The minimum atomic E-state index is -1.38. The number of aliphatic carboxylic acids is 1. The smallest absolute Gasteiger partial charge is 0.328 e. The maximum atomic E-state index is 12.5. The molecule has 3 N–H and O–H groups in total. The van der Waals surface area contributed by atoms with Gasteiger partial charge in [0.15, 0.2) is 11.5 Å². The summed E-state index contributed by atoms with van der Waals surface area (Å²) in [6, 6.07) is 9.95. The lowest BCUT2D eigenvalue weighted by molar-refractivity contribution is -0.140. The number of rotatable bonds is 5. The summed E-state index contributed by atoms with van der Waals surface area (Å²) in [6.45, 7) is 3.07. The molecule has 0 aliphatic rings. The molecular weight excluding hydrogens is 362 g/mol. The topological polar surface area (TPSA) is 117 Å². The van der Waals surface area contributed by atoms with Crippen molar-refractivity contribution in [3.8, 4) is 11.3 Å². The fraction of sp³-hybridized carbons (Fsp3) is 0.190. The Hall–Kier alpha value is -3.45. The minimum absolute atomic E-state index is 0.155. The summed E-state index contributed by atoms with van der Waals surface area (Å²) in [5, 5.41) is 20.6. The summed E-state index contributed by atoms with van der Waals surface area (Å²) in [6.07, 6.45) is 0. The second-order valence-electron chi connectivity index (χ2n) is 6.56. The fourth-order valence-corrected chi connectivity index (χ4v) is 2.96. The van der Waals surface area contributed by atoms with Crippen LogP contribution in [0, 0.1) is 13.8 Å². The molecule has 1 aromatic heterocycles. The van der Waals surface area contributed by atoms with Gasteiger partial charge in [-0.15, -0.1) is 0 Å². The molecule has 7 nitrogen and oxygen atoms in total. The third-order valence-electron chi connectivity index (χ3n) is 4.38. The van der Waals surface area contributed by atoms with Gasteiger partial charge in [-0.25, -0.2) is 4.79 Å². The van der Waals surface area contributed by atoms with Crippen molar-refractivity contribution in [2.45, 2.75) is 19.9 Å². The molecule has 0 aliphatic carbocycles. The van der Waals surface area contributed by atoms with E-state index >= 15 is 0 Å². The summed E-state index contributed by atoms with van der Waals surface area (Å²) < 4.78 is 5.92. The number of hydrogen-bond donors (Lipinski definition) is 3. The second-order valence-corrected chi connectivity index (χ2v) is 6.56. The van der Waals surface area contributed by atoms with Gasteiger partial charge in [0.05, 0.1) is 12.0 Å². The Morgan fingerprint density at radius 3 is 2.39 bits per heavy atom. The number of carboxylic acid groups (broad SMARTS) is 1. The normalized spacial score (nSPS) is 12.0. The highest BCUT2D eigenvalue weighted by molar-refractivity contribution is 5.97. The summed E-state index contributed by atoms with van der Waals surface area (Å²) >= 11 is 0. The zero-order chi connectivity index (χ0) is 20.4. The molecule has 7 heteroatoms. The van der Waals surface area contributed by atoms with Crippen molar-refractivity contribution in [2.24, 2.45) is 0 Å². The number of aliphatic hydroxyl groups is 1. The van der Waals surface area contributed by atoms with Crippen LogP contribution < -0.4 is 10.7 Å². The van der Waals surface area contributed by atoms with E-state index in [0.29, 0.717) is 22.3 Å². The summed E-state index contributed by atoms with van der Waals surface area (Å²) in [5.41, 5.74) is 3.02. The number of aliphatic hydroxyl groups excluding tert-OH is 1. The lowest BCUT2D eigenvalue weighted by Gasteiger charge is -2.12. The molecule has 0 saturated heterocycles. The first-order valence-corrected chi connectivity index (χ1v) is 8.60. The highest BCUT2D eigenvalue weighted by Crippen LogP contribution is 2.25. The molecule has 1 amide bonds. The van der Waals surface area contributed by atoms with Crippen molar-refractivity contribution < 1.29 is 24.2 Å². The Bertz CT molecular complexity index is 1110. The maximum absolute atomic E-state index is 12.5. The van der Waals surface area contributed by atoms with Gasteiger partial charge in [-0.05, 0) is 43.2 Å². The summed E-state index contributed by atoms with van der Waals surface area (Å²) in [4.78, 5) is 35.5. The molecule has 3 aromatic rings. The van der Waals surface area contributed by atoms with Gasteiger partial charge in [-0.1, -0.05) is 18.2 Å². The van der Waals surface area contributed by atoms with E-state index in [1.165, 1.54) is 18.2 Å². The SMILES string of the molecule is Cc1cc(C)c2oc(-c3ccc(C(=O)NC(CO)C(=O)O)cc3)cc(=O)c2c1. The van der Waals surface area contributed by atoms with E-state index in [2.05, 4.69) is 5.32 Å². The molecule has 3 rings (SSSR count). The monoisotopic (exact) mass is 381 g/mol. The standard InChI is InChI=1S/C21H19NO6/c1-11-7-12(2)19-15(8-11)17(24)9-18(28-19)13-3-5-14(6-4-13)20(25)22-16(10-23)21(26)27/h3-9,16,23H,10H2,1-2H3,(H,22,25)(H,26,27). The highest BCUT2D eigenvalue weighted by Gasteiger charge is 2.19. The molecule has 1 unspecified atom stereocenters. The predicted octanol–water partition coefficient (Wildman–Crippen LogP) is 2.25. The lowest BCUT2D eigenvalue weighted by atomic mass is 10.1. The first-order chi connectivity index (χ1) is 13.3. The van der Waals surface area contributed by atoms with Crippen LogP contribution >= 0.6 is 0 Å².